The molecule has 0 fully saturated rings. The number of nitrogens with one attached hydrogen (secondary N) is 2. The SMILES string of the molecule is CCC(CC(=O)NCCCCCCC(=O)O)NC(=O)OCC1c2ccccc2-c2ccccc21. The van der Waals surface area contributed by atoms with Crippen LogP contribution in [0, 0.1) is 0 Å². The van der Waals surface area contributed by atoms with E-state index in [1.807, 2.05) is 31.2 Å². The van der Waals surface area contributed by atoms with Gasteiger partial charge in [0.05, 0.1) is 0 Å². The number of rotatable bonds is 13. The van der Waals surface area contributed by atoms with Crippen molar-refractivity contribution in [2.45, 2.75) is 63.8 Å². The van der Waals surface area contributed by atoms with Crippen LogP contribution in [0.25, 0.3) is 11.1 Å². The van der Waals surface area contributed by atoms with E-state index in [0.29, 0.717) is 19.4 Å². The van der Waals surface area contributed by atoms with Gasteiger partial charge in [0.1, 0.15) is 6.61 Å². The molecule has 1 atom stereocenters. The van der Waals surface area contributed by atoms with Crippen LogP contribution in [0.5, 0.6) is 0 Å². The number of benzene rings is 2. The number of hydrogen-bond donors (Lipinski definition) is 3. The van der Waals surface area contributed by atoms with E-state index < -0.39 is 12.1 Å². The highest BCUT2D eigenvalue weighted by Crippen LogP contribution is 2.44. The van der Waals surface area contributed by atoms with Crippen LogP contribution in [0.4, 0.5) is 4.79 Å². The lowest BCUT2D eigenvalue weighted by atomic mass is 9.98. The van der Waals surface area contributed by atoms with E-state index in [9.17, 15) is 14.4 Å². The minimum atomic E-state index is -0.775. The minimum absolute atomic E-state index is 0.00276. The summed E-state index contributed by atoms with van der Waals surface area (Å²) in [6, 6.07) is 16.1. The molecule has 2 amide bonds. The number of aliphatic carboxylic acids is 1. The van der Waals surface area contributed by atoms with Gasteiger partial charge in [-0.3, -0.25) is 9.59 Å². The van der Waals surface area contributed by atoms with Crippen LogP contribution in [0.3, 0.4) is 0 Å². The van der Waals surface area contributed by atoms with Crippen LogP contribution >= 0.6 is 0 Å². The van der Waals surface area contributed by atoms with Crippen LogP contribution in [-0.4, -0.2) is 42.3 Å². The summed E-state index contributed by atoms with van der Waals surface area (Å²) in [6.07, 6.45) is 3.66. The Bertz CT molecular complexity index is 945. The van der Waals surface area contributed by atoms with Crippen molar-refractivity contribution in [2.24, 2.45) is 0 Å². The number of carbonyl (C=O) groups excluding carboxylic acids is 2. The molecule has 2 aromatic carbocycles. The molecule has 0 saturated carbocycles. The summed E-state index contributed by atoms with van der Waals surface area (Å²) in [4.78, 5) is 35.2. The second-order valence-corrected chi connectivity index (χ2v) is 8.69. The fourth-order valence-corrected chi connectivity index (χ4v) is 4.38. The van der Waals surface area contributed by atoms with Crippen molar-refractivity contribution in [1.29, 1.82) is 0 Å². The fraction of sp³-hybridized carbons (Fsp3) is 0.444. The maximum Gasteiger partial charge on any atom is 0.407 e. The molecule has 1 unspecified atom stereocenters. The summed E-state index contributed by atoms with van der Waals surface area (Å²) in [5, 5.41) is 14.3. The van der Waals surface area contributed by atoms with Gasteiger partial charge in [-0.05, 0) is 41.5 Å². The van der Waals surface area contributed by atoms with E-state index in [1.54, 1.807) is 0 Å². The standard InChI is InChI=1S/C27H34N2O5/c1-2-19(17-25(30)28-16-10-4-3-5-15-26(31)32)29-27(33)34-18-24-22-13-8-6-11-20(22)21-12-7-9-14-23(21)24/h6-9,11-14,19,24H,2-5,10,15-18H2,1H3,(H,28,30)(H,29,33)(H,31,32). The van der Waals surface area contributed by atoms with Crippen molar-refractivity contribution in [2.75, 3.05) is 13.2 Å². The second kappa shape index (κ2) is 12.8. The highest BCUT2D eigenvalue weighted by Gasteiger charge is 2.29. The van der Waals surface area contributed by atoms with Crippen molar-refractivity contribution in [3.8, 4) is 11.1 Å². The molecule has 1 aliphatic carbocycles. The Balaban J connectivity index is 1.40. The van der Waals surface area contributed by atoms with Crippen molar-refractivity contribution in [1.82, 2.24) is 10.6 Å². The number of carboxylic acid groups (broad SMARTS) is 1. The van der Waals surface area contributed by atoms with Gasteiger partial charge in [0.25, 0.3) is 0 Å². The Hall–Kier alpha value is -3.35. The van der Waals surface area contributed by atoms with Gasteiger partial charge in [-0.1, -0.05) is 68.3 Å². The third kappa shape index (κ3) is 7.07. The highest BCUT2D eigenvalue weighted by atomic mass is 16.5. The molecule has 0 bridgehead atoms. The molecule has 0 spiro atoms. The summed E-state index contributed by atoms with van der Waals surface area (Å²) in [6.45, 7) is 2.71. The van der Waals surface area contributed by atoms with Crippen molar-refractivity contribution >= 4 is 18.0 Å². The predicted octanol–water partition coefficient (Wildman–Crippen LogP) is 4.85. The average molecular weight is 467 g/mol. The zero-order valence-electron chi connectivity index (χ0n) is 19.7. The van der Waals surface area contributed by atoms with Crippen molar-refractivity contribution in [3.05, 3.63) is 59.7 Å². The molecular weight excluding hydrogens is 432 g/mol. The number of amides is 2. The zero-order chi connectivity index (χ0) is 24.3. The van der Waals surface area contributed by atoms with Crippen LogP contribution in [-0.2, 0) is 14.3 Å². The molecule has 0 heterocycles. The van der Waals surface area contributed by atoms with Gasteiger partial charge in [0.2, 0.25) is 5.91 Å². The van der Waals surface area contributed by atoms with Crippen LogP contribution < -0.4 is 10.6 Å². The van der Waals surface area contributed by atoms with Gasteiger partial charge in [-0.15, -0.1) is 0 Å². The summed E-state index contributed by atoms with van der Waals surface area (Å²) in [7, 11) is 0. The maximum atomic E-state index is 12.5. The first-order chi connectivity index (χ1) is 16.5. The highest BCUT2D eigenvalue weighted by molar-refractivity contribution is 5.79. The smallest absolute Gasteiger partial charge is 0.407 e. The van der Waals surface area contributed by atoms with Gasteiger partial charge in [-0.25, -0.2) is 4.79 Å². The summed E-state index contributed by atoms with van der Waals surface area (Å²) < 4.78 is 5.58. The first kappa shape index (κ1) is 25.3. The molecule has 3 N–H and O–H groups in total. The maximum absolute atomic E-state index is 12.5. The van der Waals surface area contributed by atoms with Crippen LogP contribution in [0.2, 0.25) is 0 Å². The molecule has 182 valence electrons. The lowest BCUT2D eigenvalue weighted by Gasteiger charge is -2.19. The van der Waals surface area contributed by atoms with E-state index in [-0.39, 0.29) is 37.3 Å². The van der Waals surface area contributed by atoms with Crippen LogP contribution in [0.1, 0.15) is 68.9 Å². The number of alkyl carbamates (subject to hydrolysis) is 1. The molecular formula is C27H34N2O5. The van der Waals surface area contributed by atoms with Crippen molar-refractivity contribution < 1.29 is 24.2 Å². The Kier molecular flexibility index (Phi) is 9.50. The molecule has 34 heavy (non-hydrogen) atoms. The van der Waals surface area contributed by atoms with E-state index in [0.717, 1.165) is 30.4 Å². The topological polar surface area (TPSA) is 105 Å². The molecule has 3 rings (SSSR count). The quantitative estimate of drug-likeness (QED) is 0.366. The first-order valence-electron chi connectivity index (χ1n) is 12.1. The molecule has 0 aromatic heterocycles. The fourth-order valence-electron chi connectivity index (χ4n) is 4.38. The van der Waals surface area contributed by atoms with E-state index >= 15 is 0 Å². The molecule has 0 saturated heterocycles. The number of hydrogen-bond acceptors (Lipinski definition) is 4. The predicted molar refractivity (Wildman–Crippen MR) is 131 cm³/mol. The summed E-state index contributed by atoms with van der Waals surface area (Å²) in [5.74, 6) is -0.892. The zero-order valence-corrected chi connectivity index (χ0v) is 19.7. The number of carbonyl (C=O) groups is 3. The first-order valence-corrected chi connectivity index (χ1v) is 12.1. The largest absolute Gasteiger partial charge is 0.481 e. The van der Waals surface area contributed by atoms with Crippen LogP contribution in [0.15, 0.2) is 48.5 Å². The third-order valence-corrected chi connectivity index (χ3v) is 6.23. The molecule has 0 aliphatic heterocycles. The second-order valence-electron chi connectivity index (χ2n) is 8.69. The number of carboxylic acids is 1. The van der Waals surface area contributed by atoms with Gasteiger partial charge in [0, 0.05) is 31.3 Å². The van der Waals surface area contributed by atoms with E-state index in [4.69, 9.17) is 9.84 Å². The average Bonchev–Trinajstić information content (AvgIpc) is 3.15. The van der Waals surface area contributed by atoms with E-state index in [2.05, 4.69) is 34.9 Å². The Labute approximate surface area is 200 Å². The molecule has 7 heteroatoms. The Morgan fingerprint density at radius 1 is 0.941 bits per heavy atom. The normalized spacial score (nSPS) is 13.0. The summed E-state index contributed by atoms with van der Waals surface area (Å²) in [5.41, 5.74) is 4.67. The number of ether oxygens (including phenoxy) is 1. The molecule has 0 radical (unpaired) electrons. The summed E-state index contributed by atoms with van der Waals surface area (Å²) >= 11 is 0. The molecule has 7 nitrogen and oxygen atoms in total. The van der Waals surface area contributed by atoms with Crippen molar-refractivity contribution in [3.63, 3.8) is 0 Å². The van der Waals surface area contributed by atoms with E-state index in [1.165, 1.54) is 11.1 Å². The monoisotopic (exact) mass is 466 g/mol. The Morgan fingerprint density at radius 3 is 2.18 bits per heavy atom. The van der Waals surface area contributed by atoms with Gasteiger partial charge < -0.3 is 20.5 Å². The molecule has 2 aromatic rings. The van der Waals surface area contributed by atoms with Gasteiger partial charge >= 0.3 is 12.1 Å². The molecule has 1 aliphatic rings. The number of fused-ring (bicyclic) bond motifs is 3. The van der Waals surface area contributed by atoms with Gasteiger partial charge in [-0.2, -0.15) is 0 Å². The third-order valence-electron chi connectivity index (χ3n) is 6.23. The Morgan fingerprint density at radius 2 is 1.56 bits per heavy atom. The number of unbranched alkanes of at least 4 members (excludes halogenated alkanes) is 3. The lowest BCUT2D eigenvalue weighted by molar-refractivity contribution is -0.137. The lowest BCUT2D eigenvalue weighted by Crippen LogP contribution is -2.39. The van der Waals surface area contributed by atoms with Gasteiger partial charge in [0.15, 0.2) is 0 Å². The minimum Gasteiger partial charge on any atom is -0.481 e.